The number of aromatic nitrogens is 1. The van der Waals surface area contributed by atoms with Crippen LogP contribution in [0.1, 0.15) is 30.2 Å². The van der Waals surface area contributed by atoms with Gasteiger partial charge in [0.1, 0.15) is 0 Å². The highest BCUT2D eigenvalue weighted by Gasteiger charge is 2.20. The Labute approximate surface area is 113 Å². The summed E-state index contributed by atoms with van der Waals surface area (Å²) in [4.78, 5) is 15.0. The quantitative estimate of drug-likeness (QED) is 0.617. The van der Waals surface area contributed by atoms with Crippen molar-refractivity contribution in [1.82, 2.24) is 4.98 Å². The second-order valence-electron chi connectivity index (χ2n) is 3.37. The maximum absolute atomic E-state index is 12.7. The molecule has 0 fully saturated rings. The molecular formula is C11H11Cl2F2NO2. The molecule has 0 aliphatic rings. The lowest BCUT2D eigenvalue weighted by atomic mass is 10.1. The Bertz CT molecular complexity index is 441. The topological polar surface area (TPSA) is 39.2 Å². The van der Waals surface area contributed by atoms with E-state index in [0.29, 0.717) is 0 Å². The summed E-state index contributed by atoms with van der Waals surface area (Å²) in [5, 5.41) is -0.00384. The summed E-state index contributed by atoms with van der Waals surface area (Å²) >= 11 is 11.5. The monoisotopic (exact) mass is 297 g/mol. The summed E-state index contributed by atoms with van der Waals surface area (Å²) in [6, 6.07) is 0. The minimum absolute atomic E-state index is 0.00384. The average molecular weight is 298 g/mol. The second-order valence-corrected chi connectivity index (χ2v) is 4.01. The van der Waals surface area contributed by atoms with Gasteiger partial charge < -0.3 is 4.74 Å². The summed E-state index contributed by atoms with van der Waals surface area (Å²) in [5.74, 6) is -0.686. The Morgan fingerprint density at radius 1 is 1.56 bits per heavy atom. The van der Waals surface area contributed by atoms with Crippen LogP contribution in [0.15, 0.2) is 6.20 Å². The van der Waals surface area contributed by atoms with Crippen LogP contribution in [0.25, 0.3) is 0 Å². The first-order valence-electron chi connectivity index (χ1n) is 5.17. The normalized spacial score (nSPS) is 10.8. The van der Waals surface area contributed by atoms with Gasteiger partial charge in [-0.05, 0) is 12.5 Å². The Kier molecular flexibility index (Phi) is 5.75. The van der Waals surface area contributed by atoms with Crippen LogP contribution in [0.3, 0.4) is 0 Å². The lowest BCUT2D eigenvalue weighted by Crippen LogP contribution is -2.10. The number of ether oxygens (including phenoxy) is 1. The van der Waals surface area contributed by atoms with Gasteiger partial charge in [0.15, 0.2) is 0 Å². The first-order chi connectivity index (χ1) is 8.51. The fraction of sp³-hybridized carbons (Fsp3) is 0.455. The summed E-state index contributed by atoms with van der Waals surface area (Å²) in [6.45, 7) is 1.89. The van der Waals surface area contributed by atoms with Crippen LogP contribution in [0.5, 0.6) is 0 Å². The molecule has 100 valence electrons. The van der Waals surface area contributed by atoms with Gasteiger partial charge in [-0.2, -0.15) is 0 Å². The van der Waals surface area contributed by atoms with Gasteiger partial charge >= 0.3 is 5.97 Å². The predicted octanol–water partition coefficient (Wildman–Crippen LogP) is 3.52. The number of pyridine rings is 1. The fourth-order valence-corrected chi connectivity index (χ4v) is 2.03. The Morgan fingerprint density at radius 3 is 2.72 bits per heavy atom. The number of halogens is 4. The molecule has 3 nitrogen and oxygen atoms in total. The van der Waals surface area contributed by atoms with Crippen molar-refractivity contribution in [2.45, 2.75) is 25.7 Å². The molecule has 0 N–H and O–H groups in total. The van der Waals surface area contributed by atoms with E-state index in [4.69, 9.17) is 27.9 Å². The number of nitrogens with zero attached hydrogens (tertiary/aromatic N) is 1. The zero-order valence-electron chi connectivity index (χ0n) is 9.55. The summed E-state index contributed by atoms with van der Waals surface area (Å²) in [5.41, 5.74) is -0.0274. The van der Waals surface area contributed by atoms with Crippen LogP contribution < -0.4 is 0 Å². The minimum atomic E-state index is -2.71. The van der Waals surface area contributed by atoms with Crippen LogP contribution >= 0.6 is 23.2 Å². The third-order valence-electron chi connectivity index (χ3n) is 2.21. The number of carbonyl (C=O) groups is 1. The number of carbonyl (C=O) groups excluding carboxylic acids is 1. The largest absolute Gasteiger partial charge is 0.466 e. The molecule has 0 bridgehead atoms. The zero-order valence-corrected chi connectivity index (χ0v) is 11.1. The molecule has 1 aromatic heterocycles. The van der Waals surface area contributed by atoms with Crippen molar-refractivity contribution in [2.75, 3.05) is 6.61 Å². The van der Waals surface area contributed by atoms with E-state index in [1.54, 1.807) is 6.92 Å². The van der Waals surface area contributed by atoms with Crippen LogP contribution in [-0.4, -0.2) is 17.6 Å². The lowest BCUT2D eigenvalue weighted by molar-refractivity contribution is -0.142. The first kappa shape index (κ1) is 15.1. The van der Waals surface area contributed by atoms with Gasteiger partial charge in [-0.1, -0.05) is 11.6 Å². The van der Waals surface area contributed by atoms with Crippen LogP contribution in [-0.2, 0) is 21.8 Å². The molecule has 1 aromatic rings. The van der Waals surface area contributed by atoms with Crippen LogP contribution in [0.4, 0.5) is 8.78 Å². The van der Waals surface area contributed by atoms with Crippen molar-refractivity contribution in [2.24, 2.45) is 0 Å². The number of hydrogen-bond acceptors (Lipinski definition) is 3. The van der Waals surface area contributed by atoms with Gasteiger partial charge in [0, 0.05) is 17.6 Å². The molecule has 1 rings (SSSR count). The zero-order chi connectivity index (χ0) is 13.7. The van der Waals surface area contributed by atoms with E-state index < -0.39 is 12.4 Å². The standard InChI is InChI=1S/C11H11Cl2F2NO2/c1-2-18-9(17)3-8-10(13)6(4-12)7(5-16-8)11(14)15/h5,11H,2-4H2,1H3. The molecule has 1 heterocycles. The molecule has 18 heavy (non-hydrogen) atoms. The molecule has 0 saturated carbocycles. The maximum atomic E-state index is 12.7. The summed E-state index contributed by atoms with van der Waals surface area (Å²) < 4.78 is 30.1. The molecule has 0 saturated heterocycles. The third kappa shape index (κ3) is 3.53. The smallest absolute Gasteiger partial charge is 0.311 e. The molecule has 0 radical (unpaired) electrons. The highest BCUT2D eigenvalue weighted by atomic mass is 35.5. The van der Waals surface area contributed by atoms with Gasteiger partial charge in [-0.15, -0.1) is 11.6 Å². The van der Waals surface area contributed by atoms with Crippen molar-refractivity contribution in [3.8, 4) is 0 Å². The minimum Gasteiger partial charge on any atom is -0.466 e. The van der Waals surface area contributed by atoms with Crippen LogP contribution in [0, 0.1) is 0 Å². The predicted molar refractivity (Wildman–Crippen MR) is 64.1 cm³/mol. The Morgan fingerprint density at radius 2 is 2.22 bits per heavy atom. The Hall–Kier alpha value is -0.940. The lowest BCUT2D eigenvalue weighted by Gasteiger charge is -2.11. The number of alkyl halides is 3. The van der Waals surface area contributed by atoms with E-state index in [1.165, 1.54) is 0 Å². The molecule has 0 aliphatic heterocycles. The number of hydrogen-bond donors (Lipinski definition) is 0. The van der Waals surface area contributed by atoms with Gasteiger partial charge in [0.2, 0.25) is 0 Å². The van der Waals surface area contributed by atoms with Crippen molar-refractivity contribution in [1.29, 1.82) is 0 Å². The molecule has 0 unspecified atom stereocenters. The van der Waals surface area contributed by atoms with Gasteiger partial charge in [0.05, 0.1) is 23.7 Å². The number of rotatable bonds is 5. The van der Waals surface area contributed by atoms with E-state index >= 15 is 0 Å². The molecule has 0 amide bonds. The van der Waals surface area contributed by atoms with Crippen LogP contribution in [0.2, 0.25) is 5.02 Å². The maximum Gasteiger partial charge on any atom is 0.311 e. The summed E-state index contributed by atoms with van der Waals surface area (Å²) in [6.07, 6.45) is -1.89. The molecular weight excluding hydrogens is 287 g/mol. The highest BCUT2D eigenvalue weighted by Crippen LogP contribution is 2.31. The van der Waals surface area contributed by atoms with E-state index in [-0.39, 0.29) is 40.8 Å². The SMILES string of the molecule is CCOC(=O)Cc1ncc(C(F)F)c(CCl)c1Cl. The Balaban J connectivity index is 3.05. The third-order valence-corrected chi connectivity index (χ3v) is 2.93. The molecule has 0 spiro atoms. The van der Waals surface area contributed by atoms with E-state index in [1.807, 2.05) is 0 Å². The number of esters is 1. The van der Waals surface area contributed by atoms with Crippen molar-refractivity contribution in [3.63, 3.8) is 0 Å². The van der Waals surface area contributed by atoms with Crippen molar-refractivity contribution in [3.05, 3.63) is 28.0 Å². The summed E-state index contributed by atoms with van der Waals surface area (Å²) in [7, 11) is 0. The van der Waals surface area contributed by atoms with Gasteiger partial charge in [-0.3, -0.25) is 9.78 Å². The van der Waals surface area contributed by atoms with Crippen molar-refractivity contribution >= 4 is 29.2 Å². The molecule has 7 heteroatoms. The average Bonchev–Trinajstić information content (AvgIpc) is 2.31. The van der Waals surface area contributed by atoms with E-state index in [0.717, 1.165) is 6.20 Å². The highest BCUT2D eigenvalue weighted by molar-refractivity contribution is 6.33. The van der Waals surface area contributed by atoms with Gasteiger partial charge in [-0.25, -0.2) is 8.78 Å². The van der Waals surface area contributed by atoms with E-state index in [2.05, 4.69) is 4.98 Å². The van der Waals surface area contributed by atoms with E-state index in [9.17, 15) is 13.6 Å². The first-order valence-corrected chi connectivity index (χ1v) is 6.08. The molecule has 0 aromatic carbocycles. The molecule has 0 atom stereocenters. The fourth-order valence-electron chi connectivity index (χ4n) is 1.38. The molecule has 0 aliphatic carbocycles. The second kappa shape index (κ2) is 6.85. The van der Waals surface area contributed by atoms with Crippen molar-refractivity contribution < 1.29 is 18.3 Å². The van der Waals surface area contributed by atoms with Gasteiger partial charge in [0.25, 0.3) is 6.43 Å².